The second-order valence-corrected chi connectivity index (χ2v) is 1.98. The molecule has 9 heavy (non-hydrogen) atoms. The fourth-order valence-corrected chi connectivity index (χ4v) is 0.351. The molecule has 54 valence electrons. The summed E-state index contributed by atoms with van der Waals surface area (Å²) < 4.78 is 33.7. The van der Waals surface area contributed by atoms with Crippen LogP contribution in [0.4, 0.5) is 13.2 Å². The standard InChI is InChI=1S/C4H5F3OS/c5-4(6,7)2-1-3(8)9/h1-2H2,(H,8,9). The van der Waals surface area contributed by atoms with E-state index in [4.69, 9.17) is 5.11 Å². The van der Waals surface area contributed by atoms with E-state index >= 15 is 0 Å². The zero-order valence-electron chi connectivity index (χ0n) is 4.40. The van der Waals surface area contributed by atoms with Gasteiger partial charge >= 0.3 is 6.18 Å². The van der Waals surface area contributed by atoms with Crippen LogP contribution in [0.2, 0.25) is 0 Å². The van der Waals surface area contributed by atoms with E-state index in [-0.39, 0.29) is 0 Å². The van der Waals surface area contributed by atoms with Gasteiger partial charge in [0, 0.05) is 6.42 Å². The van der Waals surface area contributed by atoms with Gasteiger partial charge < -0.3 is 5.11 Å². The maximum atomic E-state index is 11.2. The van der Waals surface area contributed by atoms with Gasteiger partial charge in [0.25, 0.3) is 0 Å². The molecule has 0 amide bonds. The highest BCUT2D eigenvalue weighted by molar-refractivity contribution is 7.80. The molecular weight excluding hydrogens is 153 g/mol. The Kier molecular flexibility index (Phi) is 2.90. The van der Waals surface area contributed by atoms with E-state index in [0.29, 0.717) is 0 Å². The molecule has 5 heteroatoms. The van der Waals surface area contributed by atoms with E-state index < -0.39 is 24.1 Å². The Bertz CT molecular complexity index is 109. The highest BCUT2D eigenvalue weighted by Gasteiger charge is 2.26. The predicted octanol–water partition coefficient (Wildman–Crippen LogP) is 2.21. The Morgan fingerprint density at radius 3 is 2.00 bits per heavy atom. The molecule has 0 aromatic carbocycles. The fraction of sp³-hybridized carbons (Fsp3) is 0.750. The van der Waals surface area contributed by atoms with Gasteiger partial charge in [0.2, 0.25) is 0 Å². The summed E-state index contributed by atoms with van der Waals surface area (Å²) in [6.45, 7) is 0. The summed E-state index contributed by atoms with van der Waals surface area (Å²) in [5.41, 5.74) is 0. The second-order valence-electron chi connectivity index (χ2n) is 1.51. The van der Waals surface area contributed by atoms with E-state index in [2.05, 4.69) is 12.2 Å². The summed E-state index contributed by atoms with van der Waals surface area (Å²) in [6, 6.07) is 0. The third-order valence-electron chi connectivity index (χ3n) is 0.622. The van der Waals surface area contributed by atoms with Crippen molar-refractivity contribution in [2.75, 3.05) is 0 Å². The molecule has 0 fully saturated rings. The van der Waals surface area contributed by atoms with Crippen molar-refractivity contribution in [2.45, 2.75) is 19.0 Å². The average Bonchev–Trinajstić information content (AvgIpc) is 1.59. The normalized spacial score (nSPS) is 11.4. The molecule has 0 atom stereocenters. The number of thiocarbonyl (C=S) groups is 1. The molecule has 0 heterocycles. The molecule has 1 N–H and O–H groups in total. The van der Waals surface area contributed by atoms with Gasteiger partial charge in [-0.05, 0) is 12.2 Å². The Hall–Kier alpha value is -0.320. The third kappa shape index (κ3) is 7.68. The van der Waals surface area contributed by atoms with Crippen molar-refractivity contribution >= 4 is 17.3 Å². The van der Waals surface area contributed by atoms with Gasteiger partial charge in [0.15, 0.2) is 5.05 Å². The molecule has 0 saturated heterocycles. The molecule has 0 spiro atoms. The predicted molar refractivity (Wildman–Crippen MR) is 30.5 cm³/mol. The Labute approximate surface area is 55.5 Å². The second kappa shape index (κ2) is 3.00. The van der Waals surface area contributed by atoms with E-state index in [0.717, 1.165) is 0 Å². The smallest absolute Gasteiger partial charge is 0.389 e. The number of hydrogen-bond acceptors (Lipinski definition) is 1. The molecule has 0 bridgehead atoms. The van der Waals surface area contributed by atoms with E-state index in [9.17, 15) is 13.2 Å². The van der Waals surface area contributed by atoms with Gasteiger partial charge in [-0.1, -0.05) is 0 Å². The van der Waals surface area contributed by atoms with E-state index in [1.807, 2.05) is 0 Å². The maximum absolute atomic E-state index is 11.2. The first-order chi connectivity index (χ1) is 3.92. The highest BCUT2D eigenvalue weighted by atomic mass is 32.1. The molecular formula is C4H5F3OS. The number of aliphatic hydroxyl groups is 1. The van der Waals surface area contributed by atoms with Crippen molar-refractivity contribution in [3.63, 3.8) is 0 Å². The quantitative estimate of drug-likeness (QED) is 0.622. The molecule has 0 unspecified atom stereocenters. The van der Waals surface area contributed by atoms with Crippen LogP contribution in [0.5, 0.6) is 0 Å². The first-order valence-corrected chi connectivity index (χ1v) is 2.61. The Morgan fingerprint density at radius 1 is 1.44 bits per heavy atom. The number of rotatable bonds is 2. The Balaban J connectivity index is 3.39. The summed E-state index contributed by atoms with van der Waals surface area (Å²) in [7, 11) is 0. The molecule has 0 rings (SSSR count). The lowest BCUT2D eigenvalue weighted by atomic mass is 10.3. The third-order valence-corrected chi connectivity index (χ3v) is 0.826. The van der Waals surface area contributed by atoms with Crippen LogP contribution in [0.25, 0.3) is 0 Å². The monoisotopic (exact) mass is 158 g/mol. The zero-order chi connectivity index (χ0) is 7.49. The number of alkyl halides is 3. The Morgan fingerprint density at radius 2 is 1.89 bits per heavy atom. The number of aliphatic hydroxyl groups excluding tert-OH is 1. The lowest BCUT2D eigenvalue weighted by Crippen LogP contribution is -2.09. The summed E-state index contributed by atoms with van der Waals surface area (Å²) in [4.78, 5) is 0. The van der Waals surface area contributed by atoms with Crippen LogP contribution in [0.15, 0.2) is 0 Å². The van der Waals surface area contributed by atoms with Gasteiger partial charge in [0.05, 0.1) is 6.42 Å². The number of hydrogen-bond donors (Lipinski definition) is 1. The van der Waals surface area contributed by atoms with Crippen LogP contribution in [0.3, 0.4) is 0 Å². The van der Waals surface area contributed by atoms with Crippen molar-refractivity contribution < 1.29 is 18.3 Å². The average molecular weight is 158 g/mol. The minimum absolute atomic E-state index is 0.473. The molecule has 0 aliphatic carbocycles. The largest absolute Gasteiger partial charge is 0.502 e. The lowest BCUT2D eigenvalue weighted by Gasteiger charge is -2.02. The minimum Gasteiger partial charge on any atom is -0.502 e. The van der Waals surface area contributed by atoms with Gasteiger partial charge in [-0.25, -0.2) is 0 Å². The van der Waals surface area contributed by atoms with E-state index in [1.165, 1.54) is 0 Å². The molecule has 0 aliphatic heterocycles. The van der Waals surface area contributed by atoms with Crippen molar-refractivity contribution in [1.29, 1.82) is 0 Å². The van der Waals surface area contributed by atoms with Crippen molar-refractivity contribution in [3.8, 4) is 0 Å². The van der Waals surface area contributed by atoms with Gasteiger partial charge in [-0.15, -0.1) is 0 Å². The fourth-order valence-electron chi connectivity index (χ4n) is 0.249. The topological polar surface area (TPSA) is 20.2 Å². The molecule has 0 aromatic heterocycles. The van der Waals surface area contributed by atoms with Gasteiger partial charge in [0.1, 0.15) is 0 Å². The van der Waals surface area contributed by atoms with E-state index in [1.54, 1.807) is 0 Å². The summed E-state index contributed by atoms with van der Waals surface area (Å²) in [5, 5.41) is 7.56. The molecule has 1 nitrogen and oxygen atoms in total. The molecule has 0 aromatic rings. The SMILES string of the molecule is OC(=S)CCC(F)(F)F. The molecule has 0 aliphatic rings. The van der Waals surface area contributed by atoms with Gasteiger partial charge in [-0.2, -0.15) is 13.2 Å². The van der Waals surface area contributed by atoms with Crippen LogP contribution in [0.1, 0.15) is 12.8 Å². The molecule has 0 saturated carbocycles. The van der Waals surface area contributed by atoms with Crippen molar-refractivity contribution in [3.05, 3.63) is 0 Å². The van der Waals surface area contributed by atoms with Crippen molar-refractivity contribution in [2.24, 2.45) is 0 Å². The first kappa shape index (κ1) is 8.68. The lowest BCUT2D eigenvalue weighted by molar-refractivity contribution is -0.133. The van der Waals surface area contributed by atoms with Crippen LogP contribution in [0, 0.1) is 0 Å². The zero-order valence-corrected chi connectivity index (χ0v) is 5.22. The summed E-state index contributed by atoms with van der Waals surface area (Å²) in [5.74, 6) is 0. The van der Waals surface area contributed by atoms with Crippen LogP contribution >= 0.6 is 12.2 Å². The first-order valence-electron chi connectivity index (χ1n) is 2.20. The van der Waals surface area contributed by atoms with Gasteiger partial charge in [-0.3, -0.25) is 0 Å². The van der Waals surface area contributed by atoms with Crippen LogP contribution in [-0.2, 0) is 0 Å². The summed E-state index contributed by atoms with van der Waals surface area (Å²) >= 11 is 4.02. The maximum Gasteiger partial charge on any atom is 0.389 e. The van der Waals surface area contributed by atoms with Crippen molar-refractivity contribution in [1.82, 2.24) is 0 Å². The molecule has 0 radical (unpaired) electrons. The van der Waals surface area contributed by atoms with Crippen LogP contribution < -0.4 is 0 Å². The number of halogens is 3. The van der Waals surface area contributed by atoms with Crippen LogP contribution in [-0.4, -0.2) is 16.3 Å². The minimum atomic E-state index is -4.22. The summed E-state index contributed by atoms with van der Waals surface area (Å²) in [6.07, 6.45) is -5.73. The highest BCUT2D eigenvalue weighted by Crippen LogP contribution is 2.21.